The van der Waals surface area contributed by atoms with Crippen molar-refractivity contribution in [2.24, 2.45) is 0 Å². The van der Waals surface area contributed by atoms with Crippen LogP contribution in [-0.2, 0) is 9.53 Å². The van der Waals surface area contributed by atoms with Crippen LogP contribution in [0.25, 0.3) is 0 Å². The van der Waals surface area contributed by atoms with Crippen LogP contribution in [0, 0.1) is 0 Å². The van der Waals surface area contributed by atoms with E-state index in [1.165, 1.54) is 0 Å². The van der Waals surface area contributed by atoms with Crippen LogP contribution in [0.2, 0.25) is 0 Å². The molecule has 92 valence electrons. The number of hydrogen-bond donors (Lipinski definition) is 2. The van der Waals surface area contributed by atoms with Gasteiger partial charge in [-0.25, -0.2) is 4.79 Å². The van der Waals surface area contributed by atoms with Crippen LogP contribution >= 0.6 is 15.9 Å². The molecule has 1 aromatic carbocycles. The molecule has 17 heavy (non-hydrogen) atoms. The Hall–Kier alpha value is -1.56. The fourth-order valence-corrected chi connectivity index (χ4v) is 1.48. The molecule has 1 aromatic rings. The normalized spacial score (nSPS) is 9.53. The van der Waals surface area contributed by atoms with Crippen molar-refractivity contribution in [2.75, 3.05) is 18.5 Å². The monoisotopic (exact) mass is 300 g/mol. The molecule has 0 heterocycles. The van der Waals surface area contributed by atoms with E-state index >= 15 is 0 Å². The fraction of sp³-hybridized carbons (Fsp3) is 0.273. The molecule has 5 nitrogen and oxygen atoms in total. The van der Waals surface area contributed by atoms with E-state index in [0.717, 1.165) is 4.47 Å². The van der Waals surface area contributed by atoms with E-state index in [1.54, 1.807) is 19.1 Å². The number of carbonyl (C=O) groups is 2. The summed E-state index contributed by atoms with van der Waals surface area (Å²) in [5, 5.41) is 4.99. The van der Waals surface area contributed by atoms with E-state index in [9.17, 15) is 9.59 Å². The van der Waals surface area contributed by atoms with Crippen molar-refractivity contribution < 1.29 is 14.3 Å². The first-order valence-electron chi connectivity index (χ1n) is 5.08. The zero-order chi connectivity index (χ0) is 12.7. The molecule has 0 spiro atoms. The number of alkyl carbamates (subject to hydrolysis) is 1. The Balaban J connectivity index is 2.40. The second kappa shape index (κ2) is 6.90. The van der Waals surface area contributed by atoms with Crippen molar-refractivity contribution in [3.8, 4) is 0 Å². The summed E-state index contributed by atoms with van der Waals surface area (Å²) in [4.78, 5) is 22.4. The predicted octanol–water partition coefficient (Wildman–Crippen LogP) is 2.13. The number of benzene rings is 1. The molecule has 2 amide bonds. The molecule has 6 heteroatoms. The Bertz CT molecular complexity index is 409. The molecule has 2 N–H and O–H groups in total. The van der Waals surface area contributed by atoms with Gasteiger partial charge in [0.15, 0.2) is 0 Å². The predicted molar refractivity (Wildman–Crippen MR) is 67.8 cm³/mol. The van der Waals surface area contributed by atoms with Crippen molar-refractivity contribution in [3.63, 3.8) is 0 Å². The molecule has 0 saturated heterocycles. The maximum atomic E-state index is 11.5. The number of rotatable bonds is 4. The summed E-state index contributed by atoms with van der Waals surface area (Å²) in [6.07, 6.45) is -0.602. The fourth-order valence-electron chi connectivity index (χ4n) is 1.09. The van der Waals surface area contributed by atoms with E-state index in [4.69, 9.17) is 0 Å². The maximum absolute atomic E-state index is 11.5. The van der Waals surface area contributed by atoms with Crippen LogP contribution in [0.5, 0.6) is 0 Å². The van der Waals surface area contributed by atoms with Crippen LogP contribution in [-0.4, -0.2) is 25.2 Å². The lowest BCUT2D eigenvalue weighted by Gasteiger charge is -2.08. The molecule has 0 aliphatic carbocycles. The van der Waals surface area contributed by atoms with Gasteiger partial charge in [0.25, 0.3) is 0 Å². The van der Waals surface area contributed by atoms with Crippen molar-refractivity contribution in [1.82, 2.24) is 5.32 Å². The number of carbonyl (C=O) groups excluding carboxylic acids is 2. The van der Waals surface area contributed by atoms with Gasteiger partial charge in [-0.15, -0.1) is 0 Å². The molecule has 0 aromatic heterocycles. The van der Waals surface area contributed by atoms with Gasteiger partial charge in [-0.1, -0.05) is 12.1 Å². The van der Waals surface area contributed by atoms with Gasteiger partial charge >= 0.3 is 6.09 Å². The van der Waals surface area contributed by atoms with Gasteiger partial charge in [0, 0.05) is 4.47 Å². The van der Waals surface area contributed by atoms with Crippen molar-refractivity contribution in [1.29, 1.82) is 0 Å². The lowest BCUT2D eigenvalue weighted by Crippen LogP contribution is -2.33. The van der Waals surface area contributed by atoms with Gasteiger partial charge in [-0.05, 0) is 35.0 Å². The van der Waals surface area contributed by atoms with Gasteiger partial charge in [-0.3, -0.25) is 4.79 Å². The van der Waals surface area contributed by atoms with Crippen LogP contribution in [0.3, 0.4) is 0 Å². The first kappa shape index (κ1) is 13.5. The van der Waals surface area contributed by atoms with Gasteiger partial charge in [0.1, 0.15) is 6.54 Å². The lowest BCUT2D eigenvalue weighted by molar-refractivity contribution is -0.115. The summed E-state index contributed by atoms with van der Waals surface area (Å²) in [6.45, 7) is 1.85. The molecule has 0 saturated carbocycles. The summed E-state index contributed by atoms with van der Waals surface area (Å²) in [5.41, 5.74) is 0.656. The highest BCUT2D eigenvalue weighted by Crippen LogP contribution is 2.20. The largest absolute Gasteiger partial charge is 0.450 e. The summed E-state index contributed by atoms with van der Waals surface area (Å²) < 4.78 is 5.41. The summed E-state index contributed by atoms with van der Waals surface area (Å²) in [5.74, 6) is -0.315. The Kier molecular flexibility index (Phi) is 5.48. The Morgan fingerprint density at radius 2 is 2.06 bits per heavy atom. The van der Waals surface area contributed by atoms with E-state index < -0.39 is 6.09 Å². The number of ether oxygens (including phenoxy) is 1. The molecular formula is C11H13BrN2O3. The van der Waals surface area contributed by atoms with Crippen LogP contribution < -0.4 is 10.6 Å². The van der Waals surface area contributed by atoms with Crippen molar-refractivity contribution in [2.45, 2.75) is 6.92 Å². The molecular weight excluding hydrogens is 288 g/mol. The molecule has 0 aliphatic heterocycles. The number of hydrogen-bond acceptors (Lipinski definition) is 3. The summed E-state index contributed by atoms with van der Waals surface area (Å²) >= 11 is 3.30. The van der Waals surface area contributed by atoms with Crippen LogP contribution in [0.1, 0.15) is 6.92 Å². The zero-order valence-corrected chi connectivity index (χ0v) is 10.9. The third-order valence-electron chi connectivity index (χ3n) is 1.82. The molecule has 0 atom stereocenters. The average Bonchev–Trinajstić information content (AvgIpc) is 2.30. The molecule has 0 aliphatic rings. The first-order chi connectivity index (χ1) is 8.13. The van der Waals surface area contributed by atoms with Crippen molar-refractivity contribution in [3.05, 3.63) is 28.7 Å². The highest BCUT2D eigenvalue weighted by molar-refractivity contribution is 9.10. The third-order valence-corrected chi connectivity index (χ3v) is 2.51. The van der Waals surface area contributed by atoms with Crippen molar-refractivity contribution >= 4 is 33.6 Å². The van der Waals surface area contributed by atoms with E-state index in [0.29, 0.717) is 5.69 Å². The molecule has 0 fully saturated rings. The molecule has 0 unspecified atom stereocenters. The number of halogens is 1. The third kappa shape index (κ3) is 4.86. The number of para-hydroxylation sites is 1. The van der Waals surface area contributed by atoms with Gasteiger partial charge < -0.3 is 15.4 Å². The van der Waals surface area contributed by atoms with Crippen LogP contribution in [0.15, 0.2) is 28.7 Å². The van der Waals surface area contributed by atoms with Gasteiger partial charge in [0.2, 0.25) is 5.91 Å². The minimum Gasteiger partial charge on any atom is -0.450 e. The molecule has 1 rings (SSSR count). The SMILES string of the molecule is CCOC(=O)NCC(=O)Nc1ccccc1Br. The van der Waals surface area contributed by atoms with E-state index in [1.807, 2.05) is 12.1 Å². The minimum absolute atomic E-state index is 0.125. The van der Waals surface area contributed by atoms with E-state index in [2.05, 4.69) is 31.3 Å². The highest BCUT2D eigenvalue weighted by Gasteiger charge is 2.07. The highest BCUT2D eigenvalue weighted by atomic mass is 79.9. The Labute approximate surface area is 108 Å². The number of anilines is 1. The topological polar surface area (TPSA) is 67.4 Å². The van der Waals surface area contributed by atoms with E-state index in [-0.39, 0.29) is 19.1 Å². The Morgan fingerprint density at radius 3 is 2.71 bits per heavy atom. The maximum Gasteiger partial charge on any atom is 0.407 e. The summed E-state index contributed by atoms with van der Waals surface area (Å²) in [6, 6.07) is 7.22. The second-order valence-corrected chi connectivity index (χ2v) is 3.96. The second-order valence-electron chi connectivity index (χ2n) is 3.10. The number of amides is 2. The average molecular weight is 301 g/mol. The molecule has 0 radical (unpaired) electrons. The quantitative estimate of drug-likeness (QED) is 0.895. The zero-order valence-electron chi connectivity index (χ0n) is 9.33. The molecule has 0 bridgehead atoms. The van der Waals surface area contributed by atoms with Gasteiger partial charge in [-0.2, -0.15) is 0 Å². The number of nitrogens with one attached hydrogen (secondary N) is 2. The smallest absolute Gasteiger partial charge is 0.407 e. The lowest BCUT2D eigenvalue weighted by atomic mass is 10.3. The first-order valence-corrected chi connectivity index (χ1v) is 5.87. The Morgan fingerprint density at radius 1 is 1.35 bits per heavy atom. The standard InChI is InChI=1S/C11H13BrN2O3/c1-2-17-11(16)13-7-10(15)14-9-6-4-3-5-8(9)12/h3-6H,2,7H2,1H3,(H,13,16)(H,14,15). The van der Waals surface area contributed by atoms with Gasteiger partial charge in [0.05, 0.1) is 12.3 Å². The summed E-state index contributed by atoms with van der Waals surface area (Å²) in [7, 11) is 0. The minimum atomic E-state index is -0.602. The van der Waals surface area contributed by atoms with Crippen LogP contribution in [0.4, 0.5) is 10.5 Å².